The van der Waals surface area contributed by atoms with Gasteiger partial charge in [-0.1, -0.05) is 6.58 Å². The van der Waals surface area contributed by atoms with Gasteiger partial charge in [-0.2, -0.15) is 5.10 Å². The molecule has 2 aromatic heterocycles. The van der Waals surface area contributed by atoms with Crippen molar-refractivity contribution >= 4 is 17.6 Å². The Morgan fingerprint density at radius 2 is 2.02 bits per heavy atom. The first-order valence-electron chi connectivity index (χ1n) is 13.1. The maximum atomic E-state index is 13.8. The number of fused-ring (bicyclic) bond motifs is 1. The lowest BCUT2D eigenvalue weighted by Gasteiger charge is -2.49. The SMILES string of the molecule is C=C(C(=O)Nc1cnc(Oc2ccc(F)cc2F)cn1)N1CCN(C(=O)[C@H]2CCc3nc(CO)nn3C2)C(C)(C)C1. The van der Waals surface area contributed by atoms with Crippen LogP contribution in [0.2, 0.25) is 0 Å². The summed E-state index contributed by atoms with van der Waals surface area (Å²) in [6.07, 6.45) is 3.71. The monoisotopic (exact) mass is 568 g/mol. The molecule has 12 nitrogen and oxygen atoms in total. The van der Waals surface area contributed by atoms with Crippen LogP contribution < -0.4 is 10.1 Å². The summed E-state index contributed by atoms with van der Waals surface area (Å²) in [6, 6.07) is 2.88. The fourth-order valence-corrected chi connectivity index (χ4v) is 5.08. The van der Waals surface area contributed by atoms with Crippen LogP contribution >= 0.6 is 0 Å². The molecule has 216 valence electrons. The summed E-state index contributed by atoms with van der Waals surface area (Å²) in [5.41, 5.74) is -0.367. The van der Waals surface area contributed by atoms with Crippen LogP contribution in [0, 0.1) is 17.6 Å². The zero-order chi connectivity index (χ0) is 29.3. The first-order valence-corrected chi connectivity index (χ1v) is 13.1. The van der Waals surface area contributed by atoms with Gasteiger partial charge in [0.05, 0.1) is 36.1 Å². The van der Waals surface area contributed by atoms with E-state index in [0.29, 0.717) is 50.9 Å². The summed E-state index contributed by atoms with van der Waals surface area (Å²) < 4.78 is 33.9. The van der Waals surface area contributed by atoms with E-state index in [9.17, 15) is 23.5 Å². The number of nitrogens with zero attached hydrogens (tertiary/aromatic N) is 7. The molecule has 0 aliphatic carbocycles. The van der Waals surface area contributed by atoms with Crippen LogP contribution in [0.15, 0.2) is 42.9 Å². The van der Waals surface area contributed by atoms with E-state index in [2.05, 4.69) is 31.9 Å². The molecule has 1 aromatic carbocycles. The zero-order valence-corrected chi connectivity index (χ0v) is 22.7. The molecule has 5 rings (SSSR count). The smallest absolute Gasteiger partial charge is 0.272 e. The first-order chi connectivity index (χ1) is 19.5. The first kappa shape index (κ1) is 28.1. The van der Waals surface area contributed by atoms with Crippen molar-refractivity contribution in [2.75, 3.05) is 25.0 Å². The maximum Gasteiger partial charge on any atom is 0.272 e. The highest BCUT2D eigenvalue weighted by molar-refractivity contribution is 6.02. The number of aliphatic hydroxyl groups excluding tert-OH is 1. The van der Waals surface area contributed by atoms with E-state index < -0.39 is 23.1 Å². The number of carbonyl (C=O) groups excluding carboxylic acids is 2. The molecular weight excluding hydrogens is 538 g/mol. The number of ether oxygens (including phenoxy) is 1. The number of piperazine rings is 1. The van der Waals surface area contributed by atoms with E-state index >= 15 is 0 Å². The van der Waals surface area contributed by atoms with Crippen molar-refractivity contribution in [3.05, 3.63) is 66.2 Å². The fourth-order valence-electron chi connectivity index (χ4n) is 5.08. The van der Waals surface area contributed by atoms with Crippen LogP contribution in [0.25, 0.3) is 0 Å². The predicted octanol–water partition coefficient (Wildman–Crippen LogP) is 2.27. The number of aromatic nitrogens is 5. The molecule has 1 atom stereocenters. The van der Waals surface area contributed by atoms with Crippen LogP contribution in [-0.4, -0.2) is 76.6 Å². The average Bonchev–Trinajstić information content (AvgIpc) is 3.37. The Labute approximate surface area is 234 Å². The van der Waals surface area contributed by atoms with Crippen molar-refractivity contribution in [2.24, 2.45) is 5.92 Å². The highest BCUT2D eigenvalue weighted by atomic mass is 19.1. The number of anilines is 1. The van der Waals surface area contributed by atoms with E-state index in [1.165, 1.54) is 12.4 Å². The summed E-state index contributed by atoms with van der Waals surface area (Å²) in [7, 11) is 0. The van der Waals surface area contributed by atoms with Gasteiger partial charge in [0.1, 0.15) is 18.2 Å². The molecule has 0 radical (unpaired) electrons. The molecule has 1 saturated heterocycles. The molecule has 0 spiro atoms. The molecule has 0 saturated carbocycles. The number of hydrogen-bond donors (Lipinski definition) is 2. The van der Waals surface area contributed by atoms with Crippen molar-refractivity contribution in [3.8, 4) is 11.6 Å². The summed E-state index contributed by atoms with van der Waals surface area (Å²) in [5.74, 6) is -1.33. The molecule has 2 aliphatic heterocycles. The van der Waals surface area contributed by atoms with Gasteiger partial charge in [-0.3, -0.25) is 9.59 Å². The molecule has 2 aliphatic rings. The summed E-state index contributed by atoms with van der Waals surface area (Å²) >= 11 is 0. The summed E-state index contributed by atoms with van der Waals surface area (Å²) in [6.45, 7) is 9.24. The van der Waals surface area contributed by atoms with Crippen molar-refractivity contribution in [1.29, 1.82) is 0 Å². The van der Waals surface area contributed by atoms with Crippen LogP contribution in [0.1, 0.15) is 31.9 Å². The molecule has 14 heteroatoms. The van der Waals surface area contributed by atoms with Gasteiger partial charge in [-0.15, -0.1) is 0 Å². The Bertz CT molecular complexity index is 1480. The number of aliphatic hydroxyl groups is 1. The molecule has 41 heavy (non-hydrogen) atoms. The number of benzene rings is 1. The second-order valence-corrected chi connectivity index (χ2v) is 10.6. The van der Waals surface area contributed by atoms with Crippen LogP contribution in [0.3, 0.4) is 0 Å². The standard InChI is InChI=1S/C27H30F2N8O4/c1-16(25(39)33-21-11-31-24(12-30-21)41-20-6-5-18(28)10-19(20)29)35-8-9-36(27(2,3)15-35)26(40)17-4-7-23-32-22(14-38)34-37(23)13-17/h5-6,10-12,17,38H,1,4,7-9,13-15H2,2-3H3,(H,30,33,39)/t17-/m0/s1. The fraction of sp³-hybridized carbons (Fsp3) is 0.407. The normalized spacial score (nSPS) is 18.0. The lowest BCUT2D eigenvalue weighted by molar-refractivity contribution is -0.145. The number of carbonyl (C=O) groups is 2. The van der Waals surface area contributed by atoms with E-state index in [-0.39, 0.29) is 41.6 Å². The van der Waals surface area contributed by atoms with Gasteiger partial charge in [0, 0.05) is 32.1 Å². The molecule has 0 unspecified atom stereocenters. The van der Waals surface area contributed by atoms with Crippen molar-refractivity contribution in [1.82, 2.24) is 34.5 Å². The summed E-state index contributed by atoms with van der Waals surface area (Å²) in [5, 5.41) is 16.2. The van der Waals surface area contributed by atoms with Gasteiger partial charge in [-0.05, 0) is 32.4 Å². The highest BCUT2D eigenvalue weighted by Gasteiger charge is 2.41. The molecule has 1 fully saturated rings. The lowest BCUT2D eigenvalue weighted by Crippen LogP contribution is -2.62. The van der Waals surface area contributed by atoms with Gasteiger partial charge in [-0.25, -0.2) is 28.4 Å². The quantitative estimate of drug-likeness (QED) is 0.411. The minimum Gasteiger partial charge on any atom is -0.434 e. The van der Waals surface area contributed by atoms with Crippen molar-refractivity contribution < 1.29 is 28.2 Å². The molecule has 4 heterocycles. The van der Waals surface area contributed by atoms with Crippen LogP contribution in [-0.2, 0) is 29.2 Å². The van der Waals surface area contributed by atoms with Crippen molar-refractivity contribution in [2.45, 2.75) is 45.4 Å². The molecule has 0 bridgehead atoms. The second kappa shape index (κ2) is 11.2. The predicted molar refractivity (Wildman–Crippen MR) is 141 cm³/mol. The second-order valence-electron chi connectivity index (χ2n) is 10.6. The number of nitrogens with one attached hydrogen (secondary N) is 1. The molecular formula is C27H30F2N8O4. The van der Waals surface area contributed by atoms with Crippen LogP contribution in [0.4, 0.5) is 14.6 Å². The van der Waals surface area contributed by atoms with Crippen LogP contribution in [0.5, 0.6) is 11.6 Å². The number of halogens is 2. The Hall–Kier alpha value is -4.46. The molecule has 2 N–H and O–H groups in total. The van der Waals surface area contributed by atoms with Gasteiger partial charge < -0.3 is 25.0 Å². The highest BCUT2D eigenvalue weighted by Crippen LogP contribution is 2.29. The third-order valence-corrected chi connectivity index (χ3v) is 7.18. The minimum atomic E-state index is -0.884. The number of aryl methyl sites for hydroxylation is 1. The Morgan fingerprint density at radius 1 is 1.22 bits per heavy atom. The third kappa shape index (κ3) is 6.01. The minimum absolute atomic E-state index is 0.0227. The number of rotatable bonds is 7. The van der Waals surface area contributed by atoms with Crippen molar-refractivity contribution in [3.63, 3.8) is 0 Å². The topological polar surface area (TPSA) is 139 Å². The lowest BCUT2D eigenvalue weighted by atomic mass is 9.92. The Balaban J connectivity index is 1.16. The van der Waals surface area contributed by atoms with E-state index in [1.54, 1.807) is 4.68 Å². The molecule has 2 amide bonds. The zero-order valence-electron chi connectivity index (χ0n) is 22.7. The Kier molecular flexibility index (Phi) is 7.67. The maximum absolute atomic E-state index is 13.8. The van der Waals surface area contributed by atoms with Gasteiger partial charge in [0.25, 0.3) is 5.91 Å². The molecule has 3 aromatic rings. The van der Waals surface area contributed by atoms with Gasteiger partial charge in [0.2, 0.25) is 11.8 Å². The summed E-state index contributed by atoms with van der Waals surface area (Å²) in [4.78, 5) is 42.5. The van der Waals surface area contributed by atoms with Gasteiger partial charge in [0.15, 0.2) is 23.2 Å². The number of hydrogen-bond acceptors (Lipinski definition) is 9. The van der Waals surface area contributed by atoms with Gasteiger partial charge >= 0.3 is 0 Å². The Morgan fingerprint density at radius 3 is 2.71 bits per heavy atom. The third-order valence-electron chi connectivity index (χ3n) is 7.18. The average molecular weight is 569 g/mol. The van der Waals surface area contributed by atoms with E-state index in [1.807, 2.05) is 23.6 Å². The largest absolute Gasteiger partial charge is 0.434 e. The van der Waals surface area contributed by atoms with E-state index in [0.717, 1.165) is 18.0 Å². The van der Waals surface area contributed by atoms with E-state index in [4.69, 9.17) is 4.74 Å². The number of amides is 2.